The predicted octanol–water partition coefficient (Wildman–Crippen LogP) is 1.22. The Labute approximate surface area is 115 Å². The topological polar surface area (TPSA) is 51.6 Å². The molecule has 0 bridgehead atoms. The first-order chi connectivity index (χ1) is 8.77. The minimum atomic E-state index is -0.442. The van der Waals surface area contributed by atoms with Gasteiger partial charge in [-0.3, -0.25) is 4.98 Å². The summed E-state index contributed by atoms with van der Waals surface area (Å²) in [5.74, 6) is 0. The van der Waals surface area contributed by atoms with Gasteiger partial charge in [-0.15, -0.1) is 0 Å². The second-order valence-corrected chi connectivity index (χ2v) is 6.10. The highest BCUT2D eigenvalue weighted by Crippen LogP contribution is 2.36. The fraction of sp³-hybridized carbons (Fsp3) is 0.643. The van der Waals surface area contributed by atoms with Crippen LogP contribution in [0.1, 0.15) is 38.8 Å². The lowest BCUT2D eigenvalue weighted by molar-refractivity contribution is 0.00578. The number of nitrogens with zero attached hydrogens (tertiary/aromatic N) is 1. The maximum Gasteiger partial charge on any atom is 0.514 e. The van der Waals surface area contributed by atoms with E-state index in [1.165, 1.54) is 0 Å². The highest BCUT2D eigenvalue weighted by Gasteiger charge is 2.52. The smallest absolute Gasteiger partial charge is 0.398 e. The summed E-state index contributed by atoms with van der Waals surface area (Å²) in [4.78, 5) is 4.40. The van der Waals surface area contributed by atoms with Crippen LogP contribution in [-0.2, 0) is 15.7 Å². The van der Waals surface area contributed by atoms with Crippen LogP contribution in [0.4, 0.5) is 0 Å². The number of hydrogen-bond donors (Lipinski definition) is 1. The molecule has 0 saturated carbocycles. The Morgan fingerprint density at radius 2 is 1.79 bits per heavy atom. The summed E-state index contributed by atoms with van der Waals surface area (Å²) in [7, 11) is -0.442. The zero-order chi connectivity index (χ0) is 14.3. The fourth-order valence-electron chi connectivity index (χ4n) is 2.07. The fourth-order valence-corrected chi connectivity index (χ4v) is 2.07. The molecule has 1 aromatic rings. The third-order valence-electron chi connectivity index (χ3n) is 4.11. The minimum absolute atomic E-state index is 0.133. The summed E-state index contributed by atoms with van der Waals surface area (Å²) in [6, 6.07) is 1.97. The van der Waals surface area contributed by atoms with Crippen molar-refractivity contribution in [2.24, 2.45) is 0 Å². The lowest BCUT2D eigenvalue weighted by Crippen LogP contribution is -2.41. The van der Waals surface area contributed by atoms with Gasteiger partial charge in [-0.25, -0.2) is 0 Å². The van der Waals surface area contributed by atoms with Crippen LogP contribution < -0.4 is 5.59 Å². The zero-order valence-electron chi connectivity index (χ0n) is 12.4. The molecule has 1 aromatic heterocycles. The van der Waals surface area contributed by atoms with Crippen LogP contribution in [-0.4, -0.2) is 35.0 Å². The first-order valence-electron chi connectivity index (χ1n) is 6.69. The molecule has 0 radical (unpaired) electrons. The van der Waals surface area contributed by atoms with Crippen LogP contribution in [0.25, 0.3) is 0 Å². The molecule has 0 aromatic carbocycles. The van der Waals surface area contributed by atoms with E-state index in [4.69, 9.17) is 14.4 Å². The van der Waals surface area contributed by atoms with Gasteiger partial charge in [0, 0.05) is 12.8 Å². The highest BCUT2D eigenvalue weighted by atomic mass is 16.7. The lowest BCUT2D eigenvalue weighted by atomic mass is 9.82. The van der Waals surface area contributed by atoms with Crippen LogP contribution in [0.3, 0.4) is 0 Å². The average molecular weight is 263 g/mol. The summed E-state index contributed by atoms with van der Waals surface area (Å²) in [6.45, 7) is 10.2. The number of hydrogen-bond acceptors (Lipinski definition) is 4. The van der Waals surface area contributed by atoms with Gasteiger partial charge in [-0.2, -0.15) is 0 Å². The number of aliphatic hydroxyl groups is 1. The molecule has 0 unspecified atom stereocenters. The molecule has 0 spiro atoms. The first-order valence-corrected chi connectivity index (χ1v) is 6.69. The molecule has 104 valence electrons. The van der Waals surface area contributed by atoms with Crippen molar-refractivity contribution in [3.8, 4) is 0 Å². The quantitative estimate of drug-likeness (QED) is 0.833. The third-order valence-corrected chi connectivity index (χ3v) is 4.11. The van der Waals surface area contributed by atoms with Crippen LogP contribution >= 0.6 is 0 Å². The molecular weight excluding hydrogens is 241 g/mol. The van der Waals surface area contributed by atoms with Crippen LogP contribution in [0.5, 0.6) is 0 Å². The van der Waals surface area contributed by atoms with Crippen molar-refractivity contribution >= 4 is 12.7 Å². The summed E-state index contributed by atoms with van der Waals surface area (Å²) in [6.07, 6.45) is 2.44. The van der Waals surface area contributed by atoms with Gasteiger partial charge in [0.05, 0.1) is 16.8 Å². The Kier molecular flexibility index (Phi) is 3.73. The molecule has 1 saturated heterocycles. The summed E-state index contributed by atoms with van der Waals surface area (Å²) in [5.41, 5.74) is 2.21. The zero-order valence-corrected chi connectivity index (χ0v) is 12.4. The van der Waals surface area contributed by atoms with Gasteiger partial charge in [0.25, 0.3) is 0 Å². The van der Waals surface area contributed by atoms with Gasteiger partial charge in [-0.1, -0.05) is 0 Å². The van der Waals surface area contributed by atoms with E-state index in [1.54, 1.807) is 0 Å². The van der Waals surface area contributed by atoms with Crippen LogP contribution in [0.2, 0.25) is 0 Å². The third kappa shape index (κ3) is 2.68. The summed E-state index contributed by atoms with van der Waals surface area (Å²) < 4.78 is 12.0. The van der Waals surface area contributed by atoms with E-state index in [0.717, 1.165) is 16.7 Å². The van der Waals surface area contributed by atoms with E-state index in [1.807, 2.05) is 46.9 Å². The monoisotopic (exact) mass is 263 g/mol. The van der Waals surface area contributed by atoms with Gasteiger partial charge >= 0.3 is 7.12 Å². The van der Waals surface area contributed by atoms with Crippen molar-refractivity contribution in [3.63, 3.8) is 0 Å². The molecule has 0 amide bonds. The van der Waals surface area contributed by atoms with Crippen LogP contribution in [0.15, 0.2) is 12.3 Å². The highest BCUT2D eigenvalue weighted by molar-refractivity contribution is 6.61. The number of pyridine rings is 1. The Morgan fingerprint density at radius 1 is 1.21 bits per heavy atom. The molecule has 0 aliphatic carbocycles. The molecule has 5 heteroatoms. The normalized spacial score (nSPS) is 20.8. The Morgan fingerprint density at radius 3 is 2.32 bits per heavy atom. The summed E-state index contributed by atoms with van der Waals surface area (Å²) >= 11 is 0. The van der Waals surface area contributed by atoms with Crippen molar-refractivity contribution in [2.45, 2.75) is 52.2 Å². The molecule has 2 heterocycles. The maximum absolute atomic E-state index is 9.08. The molecule has 2 rings (SSSR count). The second-order valence-electron chi connectivity index (χ2n) is 6.10. The number of rotatable bonds is 3. The summed E-state index contributed by atoms with van der Waals surface area (Å²) in [5, 5.41) is 9.08. The van der Waals surface area contributed by atoms with Crippen LogP contribution in [0, 0.1) is 6.92 Å². The molecule has 19 heavy (non-hydrogen) atoms. The second kappa shape index (κ2) is 4.89. The molecule has 1 fully saturated rings. The number of aromatic nitrogens is 1. The molecule has 1 aliphatic rings. The molecular formula is C14H22BNO3. The Hall–Kier alpha value is -0.905. The van der Waals surface area contributed by atoms with Gasteiger partial charge in [0.2, 0.25) is 0 Å². The average Bonchev–Trinajstić information content (AvgIpc) is 2.51. The van der Waals surface area contributed by atoms with E-state index in [0.29, 0.717) is 6.42 Å². The van der Waals surface area contributed by atoms with Crippen molar-refractivity contribution in [1.82, 2.24) is 4.98 Å². The Balaban J connectivity index is 2.27. The minimum Gasteiger partial charge on any atom is -0.398 e. The molecule has 1 N–H and O–H groups in total. The Bertz CT molecular complexity index is 458. The maximum atomic E-state index is 9.08. The van der Waals surface area contributed by atoms with E-state index in [9.17, 15) is 0 Å². The molecule has 1 aliphatic heterocycles. The molecule has 4 nitrogen and oxygen atoms in total. The van der Waals surface area contributed by atoms with Gasteiger partial charge < -0.3 is 14.4 Å². The van der Waals surface area contributed by atoms with E-state index in [-0.39, 0.29) is 17.8 Å². The van der Waals surface area contributed by atoms with E-state index >= 15 is 0 Å². The number of aliphatic hydroxyl groups excluding tert-OH is 1. The lowest BCUT2D eigenvalue weighted by Gasteiger charge is -2.32. The van der Waals surface area contributed by atoms with Crippen molar-refractivity contribution in [3.05, 3.63) is 23.4 Å². The number of aryl methyl sites for hydroxylation is 1. The van der Waals surface area contributed by atoms with E-state index < -0.39 is 7.12 Å². The van der Waals surface area contributed by atoms with Crippen molar-refractivity contribution in [2.75, 3.05) is 6.61 Å². The standard InChI is InChI=1S/C14H22BNO3/c1-10-9-16-12(8-11(10)6-7-17)15-18-13(2,3)14(4,5)19-15/h8-9,17H,6-7H2,1-5H3. The SMILES string of the molecule is Cc1cnc(B2OC(C)(C)C(C)(C)O2)cc1CCO. The van der Waals surface area contributed by atoms with Crippen molar-refractivity contribution in [1.29, 1.82) is 0 Å². The first kappa shape index (κ1) is 14.5. The largest absolute Gasteiger partial charge is 0.514 e. The predicted molar refractivity (Wildman–Crippen MR) is 75.5 cm³/mol. The van der Waals surface area contributed by atoms with Gasteiger partial charge in [0.15, 0.2) is 0 Å². The van der Waals surface area contributed by atoms with Gasteiger partial charge in [0.1, 0.15) is 0 Å². The molecule has 0 atom stereocenters. The van der Waals surface area contributed by atoms with E-state index in [2.05, 4.69) is 4.98 Å². The van der Waals surface area contributed by atoms with Gasteiger partial charge in [-0.05, 0) is 58.2 Å². The van der Waals surface area contributed by atoms with Crippen molar-refractivity contribution < 1.29 is 14.4 Å².